The van der Waals surface area contributed by atoms with Crippen molar-refractivity contribution in [2.75, 3.05) is 6.54 Å². The summed E-state index contributed by atoms with van der Waals surface area (Å²) >= 11 is 5.85. The molecule has 0 radical (unpaired) electrons. The Kier molecular flexibility index (Phi) is 6.32. The van der Waals surface area contributed by atoms with Crippen molar-refractivity contribution in [2.24, 2.45) is 17.6 Å². The molecule has 0 aliphatic heterocycles. The Morgan fingerprint density at radius 2 is 1.84 bits per heavy atom. The Morgan fingerprint density at radius 1 is 1.26 bits per heavy atom. The lowest BCUT2D eigenvalue weighted by molar-refractivity contribution is -0.125. The molecular formula is C15H23ClN2O. The minimum atomic E-state index is -0.116. The van der Waals surface area contributed by atoms with Gasteiger partial charge in [-0.25, -0.2) is 0 Å². The highest BCUT2D eigenvalue weighted by molar-refractivity contribution is 6.30. The molecule has 4 heteroatoms. The normalized spacial score (nSPS) is 14.2. The van der Waals surface area contributed by atoms with Crippen molar-refractivity contribution in [3.63, 3.8) is 0 Å². The molecule has 2 atom stereocenters. The fourth-order valence-electron chi connectivity index (χ4n) is 2.05. The second kappa shape index (κ2) is 7.51. The Hall–Kier alpha value is -1.06. The Balaban J connectivity index is 2.62. The molecule has 0 spiro atoms. The van der Waals surface area contributed by atoms with Gasteiger partial charge in [0.2, 0.25) is 5.91 Å². The lowest BCUT2D eigenvalue weighted by Gasteiger charge is -2.20. The standard InChI is InChI=1S/C15H23ClN2O/c1-10(2)8-13(9-17)15(19)18-11(3)12-4-6-14(16)7-5-12/h4-7,10-11,13H,8-9,17H2,1-3H3,(H,18,19)/t11-,13?/m1/s1. The molecule has 0 aliphatic rings. The number of nitrogens with one attached hydrogen (secondary N) is 1. The van der Waals surface area contributed by atoms with Gasteiger partial charge in [-0.3, -0.25) is 4.79 Å². The zero-order valence-corrected chi connectivity index (χ0v) is 12.6. The predicted molar refractivity (Wildman–Crippen MR) is 80.0 cm³/mol. The monoisotopic (exact) mass is 282 g/mol. The fourth-order valence-corrected chi connectivity index (χ4v) is 2.17. The highest BCUT2D eigenvalue weighted by Gasteiger charge is 2.20. The topological polar surface area (TPSA) is 55.1 Å². The van der Waals surface area contributed by atoms with Gasteiger partial charge in [0, 0.05) is 11.6 Å². The Labute approximate surface area is 120 Å². The van der Waals surface area contributed by atoms with E-state index in [1.807, 2.05) is 31.2 Å². The molecule has 0 bridgehead atoms. The van der Waals surface area contributed by atoms with Gasteiger partial charge in [0.05, 0.1) is 12.0 Å². The summed E-state index contributed by atoms with van der Waals surface area (Å²) in [5.74, 6) is 0.374. The minimum Gasteiger partial charge on any atom is -0.349 e. The van der Waals surface area contributed by atoms with E-state index in [1.165, 1.54) is 0 Å². The molecule has 1 amide bonds. The van der Waals surface area contributed by atoms with E-state index >= 15 is 0 Å². The van der Waals surface area contributed by atoms with Crippen LogP contribution in [0.15, 0.2) is 24.3 Å². The average Bonchev–Trinajstić information content (AvgIpc) is 2.36. The van der Waals surface area contributed by atoms with E-state index in [0.29, 0.717) is 17.5 Å². The fraction of sp³-hybridized carbons (Fsp3) is 0.533. The van der Waals surface area contributed by atoms with Crippen LogP contribution in [0.5, 0.6) is 0 Å². The zero-order valence-electron chi connectivity index (χ0n) is 11.8. The van der Waals surface area contributed by atoms with Crippen LogP contribution >= 0.6 is 11.6 Å². The summed E-state index contributed by atoms with van der Waals surface area (Å²) in [5, 5.41) is 3.71. The predicted octanol–water partition coefficient (Wildman–Crippen LogP) is 3.14. The lowest BCUT2D eigenvalue weighted by atomic mass is 9.96. The Bertz CT molecular complexity index is 403. The van der Waals surface area contributed by atoms with Crippen LogP contribution in [0.4, 0.5) is 0 Å². The third-order valence-corrected chi connectivity index (χ3v) is 3.39. The number of amides is 1. The van der Waals surface area contributed by atoms with Crippen molar-refractivity contribution in [3.8, 4) is 0 Å². The molecule has 0 fully saturated rings. The van der Waals surface area contributed by atoms with Gasteiger partial charge >= 0.3 is 0 Å². The first kappa shape index (κ1) is 16.0. The van der Waals surface area contributed by atoms with Crippen molar-refractivity contribution < 1.29 is 4.79 Å². The average molecular weight is 283 g/mol. The number of halogens is 1. The van der Waals surface area contributed by atoms with Crippen molar-refractivity contribution in [1.82, 2.24) is 5.32 Å². The molecular weight excluding hydrogens is 260 g/mol. The number of rotatable bonds is 6. The van der Waals surface area contributed by atoms with Crippen molar-refractivity contribution in [2.45, 2.75) is 33.2 Å². The van der Waals surface area contributed by atoms with E-state index in [-0.39, 0.29) is 17.9 Å². The summed E-state index contributed by atoms with van der Waals surface area (Å²) in [5.41, 5.74) is 6.72. The molecule has 3 nitrogen and oxygen atoms in total. The lowest BCUT2D eigenvalue weighted by Crippen LogP contribution is -2.37. The summed E-state index contributed by atoms with van der Waals surface area (Å²) in [6.07, 6.45) is 0.815. The van der Waals surface area contributed by atoms with Gasteiger partial charge in [-0.15, -0.1) is 0 Å². The maximum atomic E-state index is 12.1. The molecule has 1 aromatic carbocycles. The van der Waals surface area contributed by atoms with Crippen molar-refractivity contribution in [1.29, 1.82) is 0 Å². The zero-order chi connectivity index (χ0) is 14.4. The number of nitrogens with two attached hydrogens (primary N) is 1. The second-order valence-electron chi connectivity index (χ2n) is 5.34. The highest BCUT2D eigenvalue weighted by atomic mass is 35.5. The van der Waals surface area contributed by atoms with Crippen LogP contribution in [0.3, 0.4) is 0 Å². The van der Waals surface area contributed by atoms with Crippen LogP contribution in [-0.4, -0.2) is 12.5 Å². The first-order chi connectivity index (χ1) is 8.93. The third-order valence-electron chi connectivity index (χ3n) is 3.14. The second-order valence-corrected chi connectivity index (χ2v) is 5.78. The van der Waals surface area contributed by atoms with Crippen LogP contribution in [-0.2, 0) is 4.79 Å². The van der Waals surface area contributed by atoms with Crippen molar-refractivity contribution in [3.05, 3.63) is 34.9 Å². The summed E-state index contributed by atoms with van der Waals surface area (Å²) in [6, 6.07) is 7.47. The molecule has 0 aliphatic carbocycles. The maximum absolute atomic E-state index is 12.1. The minimum absolute atomic E-state index is 0.0265. The third kappa shape index (κ3) is 5.21. The molecule has 0 heterocycles. The SMILES string of the molecule is CC(C)CC(CN)C(=O)N[C@H](C)c1ccc(Cl)cc1. The van der Waals surface area contributed by atoms with E-state index in [0.717, 1.165) is 12.0 Å². The molecule has 19 heavy (non-hydrogen) atoms. The summed E-state index contributed by atoms with van der Waals surface area (Å²) in [4.78, 5) is 12.1. The first-order valence-electron chi connectivity index (χ1n) is 6.70. The van der Waals surface area contributed by atoms with E-state index < -0.39 is 0 Å². The van der Waals surface area contributed by atoms with Crippen LogP contribution in [0, 0.1) is 11.8 Å². The maximum Gasteiger partial charge on any atom is 0.224 e. The largest absolute Gasteiger partial charge is 0.349 e. The molecule has 3 N–H and O–H groups in total. The van der Waals surface area contributed by atoms with Gasteiger partial charge in [-0.05, 0) is 37.0 Å². The molecule has 106 valence electrons. The molecule has 1 rings (SSSR count). The number of hydrogen-bond acceptors (Lipinski definition) is 2. The number of hydrogen-bond donors (Lipinski definition) is 2. The number of carbonyl (C=O) groups excluding carboxylic acids is 1. The van der Waals surface area contributed by atoms with Gasteiger partial charge in [0.25, 0.3) is 0 Å². The number of benzene rings is 1. The molecule has 1 aromatic rings. The summed E-state index contributed by atoms with van der Waals surface area (Å²) in [6.45, 7) is 6.54. The van der Waals surface area contributed by atoms with E-state index in [1.54, 1.807) is 0 Å². The molecule has 0 aromatic heterocycles. The quantitative estimate of drug-likeness (QED) is 0.842. The van der Waals surface area contributed by atoms with Crippen LogP contribution < -0.4 is 11.1 Å². The van der Waals surface area contributed by atoms with Gasteiger partial charge in [-0.2, -0.15) is 0 Å². The van der Waals surface area contributed by atoms with Crippen LogP contribution in [0.1, 0.15) is 38.8 Å². The Morgan fingerprint density at radius 3 is 2.32 bits per heavy atom. The van der Waals surface area contributed by atoms with Crippen molar-refractivity contribution >= 4 is 17.5 Å². The van der Waals surface area contributed by atoms with Gasteiger partial charge < -0.3 is 11.1 Å². The molecule has 0 saturated heterocycles. The highest BCUT2D eigenvalue weighted by Crippen LogP contribution is 2.17. The first-order valence-corrected chi connectivity index (χ1v) is 7.07. The van der Waals surface area contributed by atoms with Crippen LogP contribution in [0.25, 0.3) is 0 Å². The summed E-state index contributed by atoms with van der Waals surface area (Å²) in [7, 11) is 0. The van der Waals surface area contributed by atoms with E-state index in [2.05, 4.69) is 19.2 Å². The molecule has 1 unspecified atom stereocenters. The van der Waals surface area contributed by atoms with Gasteiger partial charge in [0.1, 0.15) is 0 Å². The molecule has 0 saturated carbocycles. The summed E-state index contributed by atoms with van der Waals surface area (Å²) < 4.78 is 0. The van der Waals surface area contributed by atoms with Crippen LogP contribution in [0.2, 0.25) is 5.02 Å². The number of carbonyl (C=O) groups is 1. The van der Waals surface area contributed by atoms with Gasteiger partial charge in [0.15, 0.2) is 0 Å². The smallest absolute Gasteiger partial charge is 0.224 e. The van der Waals surface area contributed by atoms with E-state index in [4.69, 9.17) is 17.3 Å². The van der Waals surface area contributed by atoms with E-state index in [9.17, 15) is 4.79 Å². The van der Waals surface area contributed by atoms with Gasteiger partial charge in [-0.1, -0.05) is 37.6 Å².